The molecule has 31 heavy (non-hydrogen) atoms. The van der Waals surface area contributed by atoms with E-state index >= 15 is 0 Å². The number of amides is 1. The van der Waals surface area contributed by atoms with E-state index in [1.807, 2.05) is 6.07 Å². The first kappa shape index (κ1) is 21.1. The largest absolute Gasteiger partial charge is 0.439 e. The van der Waals surface area contributed by atoms with E-state index < -0.39 is 5.82 Å². The Bertz CT molecular complexity index is 1280. The zero-order chi connectivity index (χ0) is 20.8. The molecule has 4 aromatic rings. The number of carbonyl (C=O) groups is 1. The fraction of sp³-hybridized carbons (Fsp3) is 0.286. The van der Waals surface area contributed by atoms with Crippen molar-refractivity contribution in [3.63, 3.8) is 0 Å². The average Bonchev–Trinajstić information content (AvgIpc) is 3.29. The van der Waals surface area contributed by atoms with Gasteiger partial charge in [0.25, 0.3) is 5.91 Å². The number of nitrogens with one attached hydrogen (secondary N) is 2. The molecule has 0 atom stereocenters. The van der Waals surface area contributed by atoms with E-state index in [1.54, 1.807) is 36.7 Å². The van der Waals surface area contributed by atoms with Crippen molar-refractivity contribution in [1.82, 2.24) is 19.7 Å². The summed E-state index contributed by atoms with van der Waals surface area (Å²) in [5.41, 5.74) is 3.64. The second-order valence-electron chi connectivity index (χ2n) is 7.42. The number of nitrogens with zero attached hydrogens (tertiary/aromatic N) is 4. The van der Waals surface area contributed by atoms with E-state index in [2.05, 4.69) is 25.5 Å². The first-order valence-electron chi connectivity index (χ1n) is 9.81. The van der Waals surface area contributed by atoms with Crippen LogP contribution in [0.4, 0.5) is 15.8 Å². The van der Waals surface area contributed by atoms with Gasteiger partial charge in [-0.15, -0.1) is 12.4 Å². The Balaban J connectivity index is 0.00000231. The molecule has 2 N–H and O–H groups in total. The lowest BCUT2D eigenvalue weighted by molar-refractivity contribution is 0.102. The second kappa shape index (κ2) is 8.16. The van der Waals surface area contributed by atoms with Crippen LogP contribution in [-0.4, -0.2) is 46.5 Å². The lowest BCUT2D eigenvalue weighted by atomic mass is 10.1. The van der Waals surface area contributed by atoms with Crippen LogP contribution >= 0.6 is 12.4 Å². The number of carbonyl (C=O) groups excluding carboxylic acids is 1. The van der Waals surface area contributed by atoms with Crippen LogP contribution < -0.4 is 15.5 Å². The molecule has 1 aliphatic rings. The van der Waals surface area contributed by atoms with Gasteiger partial charge in [0.05, 0.1) is 22.6 Å². The van der Waals surface area contributed by atoms with Crippen LogP contribution in [0.3, 0.4) is 0 Å². The topological polar surface area (TPSA) is 87.7 Å². The number of pyridine rings is 1. The minimum Gasteiger partial charge on any atom is -0.439 e. The standard InChI is InChI=1S/C21H21FN6O2.ClH/c1-12-10-28-11-14(9-16(22)20(28)24-12)26-21(29)15-3-4-17(27-7-5-23-6-8-27)19-18(15)25-13(2)30-19;/h3-4,9-11,23H,5-8H2,1-2H3,(H,26,29);1H. The Labute approximate surface area is 183 Å². The van der Waals surface area contributed by atoms with Crippen LogP contribution in [0.25, 0.3) is 16.7 Å². The Morgan fingerprint density at radius 3 is 2.74 bits per heavy atom. The number of hydrogen-bond acceptors (Lipinski definition) is 6. The maximum Gasteiger partial charge on any atom is 0.258 e. The molecule has 0 unspecified atom stereocenters. The van der Waals surface area contributed by atoms with Crippen molar-refractivity contribution < 1.29 is 13.6 Å². The predicted molar refractivity (Wildman–Crippen MR) is 119 cm³/mol. The first-order valence-corrected chi connectivity index (χ1v) is 9.81. The lowest BCUT2D eigenvalue weighted by Gasteiger charge is -2.29. The number of rotatable bonds is 3. The summed E-state index contributed by atoms with van der Waals surface area (Å²) in [6.07, 6.45) is 3.34. The normalized spacial score (nSPS) is 14.1. The third-order valence-electron chi connectivity index (χ3n) is 5.22. The number of oxazole rings is 1. The van der Waals surface area contributed by atoms with Crippen molar-refractivity contribution in [2.45, 2.75) is 13.8 Å². The molecular weight excluding hydrogens is 423 g/mol. The van der Waals surface area contributed by atoms with Gasteiger partial charge < -0.3 is 24.4 Å². The second-order valence-corrected chi connectivity index (χ2v) is 7.42. The van der Waals surface area contributed by atoms with Crippen LogP contribution in [0.5, 0.6) is 0 Å². The van der Waals surface area contributed by atoms with E-state index in [4.69, 9.17) is 4.42 Å². The molecule has 162 valence electrons. The lowest BCUT2D eigenvalue weighted by Crippen LogP contribution is -2.43. The molecule has 0 saturated carbocycles. The highest BCUT2D eigenvalue weighted by atomic mass is 35.5. The summed E-state index contributed by atoms with van der Waals surface area (Å²) in [6.45, 7) is 7.02. The Hall–Kier alpha value is -3.17. The summed E-state index contributed by atoms with van der Waals surface area (Å²) in [5.74, 6) is -0.392. The van der Waals surface area contributed by atoms with E-state index in [9.17, 15) is 9.18 Å². The fourth-order valence-corrected chi connectivity index (χ4v) is 3.88. The number of anilines is 2. The number of piperazine rings is 1. The summed E-state index contributed by atoms with van der Waals surface area (Å²) in [5, 5.41) is 6.09. The van der Waals surface area contributed by atoms with Gasteiger partial charge in [0.15, 0.2) is 22.9 Å². The monoisotopic (exact) mass is 444 g/mol. The number of hydrogen-bond donors (Lipinski definition) is 2. The molecular formula is C21H22ClFN6O2. The highest BCUT2D eigenvalue weighted by Gasteiger charge is 2.22. The van der Waals surface area contributed by atoms with Gasteiger partial charge >= 0.3 is 0 Å². The Morgan fingerprint density at radius 2 is 1.97 bits per heavy atom. The van der Waals surface area contributed by atoms with Gasteiger partial charge in [-0.3, -0.25) is 4.79 Å². The molecule has 1 aliphatic heterocycles. The molecule has 4 heterocycles. The number of imidazole rings is 1. The number of aromatic nitrogens is 3. The Morgan fingerprint density at radius 1 is 1.19 bits per heavy atom. The highest BCUT2D eigenvalue weighted by molar-refractivity contribution is 6.13. The van der Waals surface area contributed by atoms with Crippen molar-refractivity contribution in [2.75, 3.05) is 36.4 Å². The molecule has 1 saturated heterocycles. The molecule has 0 radical (unpaired) electrons. The summed E-state index contributed by atoms with van der Waals surface area (Å²) in [6, 6.07) is 4.89. The molecule has 0 bridgehead atoms. The van der Waals surface area contributed by atoms with E-state index in [0.29, 0.717) is 33.9 Å². The zero-order valence-corrected chi connectivity index (χ0v) is 17.9. The molecule has 8 nitrogen and oxygen atoms in total. The number of halogens is 2. The minimum absolute atomic E-state index is 0. The smallest absolute Gasteiger partial charge is 0.258 e. The van der Waals surface area contributed by atoms with Crippen LogP contribution in [0, 0.1) is 19.7 Å². The number of benzene rings is 1. The van der Waals surface area contributed by atoms with Gasteiger partial charge in [0.2, 0.25) is 0 Å². The first-order chi connectivity index (χ1) is 14.5. The van der Waals surface area contributed by atoms with E-state index in [0.717, 1.165) is 31.9 Å². The highest BCUT2D eigenvalue weighted by Crippen LogP contribution is 2.31. The Kier molecular flexibility index (Phi) is 5.55. The van der Waals surface area contributed by atoms with Crippen molar-refractivity contribution in [1.29, 1.82) is 0 Å². The molecule has 0 spiro atoms. The van der Waals surface area contributed by atoms with Crippen LogP contribution in [0.15, 0.2) is 35.0 Å². The van der Waals surface area contributed by atoms with Gasteiger partial charge in [0.1, 0.15) is 5.52 Å². The van der Waals surface area contributed by atoms with Gasteiger partial charge in [-0.1, -0.05) is 0 Å². The molecule has 0 aliphatic carbocycles. The van der Waals surface area contributed by atoms with Gasteiger partial charge in [-0.05, 0) is 19.1 Å². The molecule has 10 heteroatoms. The summed E-state index contributed by atoms with van der Waals surface area (Å²) in [7, 11) is 0. The third-order valence-corrected chi connectivity index (χ3v) is 5.22. The maximum atomic E-state index is 14.4. The molecule has 5 rings (SSSR count). The summed E-state index contributed by atoms with van der Waals surface area (Å²) < 4.78 is 21.8. The van der Waals surface area contributed by atoms with Gasteiger partial charge in [0, 0.05) is 51.6 Å². The molecule has 1 amide bonds. The predicted octanol–water partition coefficient (Wildman–Crippen LogP) is 3.32. The average molecular weight is 445 g/mol. The van der Waals surface area contributed by atoms with Crippen molar-refractivity contribution in [3.8, 4) is 0 Å². The SMILES string of the molecule is Cc1cn2cc(NC(=O)c3ccc(N4CCNCC4)c4oc(C)nc34)cc(F)c2n1.Cl. The third kappa shape index (κ3) is 3.82. The van der Waals surface area contributed by atoms with Crippen LogP contribution in [0.2, 0.25) is 0 Å². The van der Waals surface area contributed by atoms with Crippen molar-refractivity contribution >= 4 is 46.4 Å². The van der Waals surface area contributed by atoms with Crippen molar-refractivity contribution in [3.05, 3.63) is 53.6 Å². The quantitative estimate of drug-likeness (QED) is 0.504. The van der Waals surface area contributed by atoms with E-state index in [1.165, 1.54) is 6.07 Å². The van der Waals surface area contributed by atoms with Crippen LogP contribution in [-0.2, 0) is 0 Å². The van der Waals surface area contributed by atoms with Crippen LogP contribution in [0.1, 0.15) is 21.9 Å². The molecule has 1 fully saturated rings. The molecule has 3 aromatic heterocycles. The minimum atomic E-state index is -0.502. The van der Waals surface area contributed by atoms with E-state index in [-0.39, 0.29) is 24.0 Å². The summed E-state index contributed by atoms with van der Waals surface area (Å²) in [4.78, 5) is 23.8. The molecule has 1 aromatic carbocycles. The van der Waals surface area contributed by atoms with Gasteiger partial charge in [-0.2, -0.15) is 0 Å². The fourth-order valence-electron chi connectivity index (χ4n) is 3.88. The van der Waals surface area contributed by atoms with Gasteiger partial charge in [-0.25, -0.2) is 14.4 Å². The maximum absolute atomic E-state index is 14.4. The number of aryl methyl sites for hydroxylation is 2. The zero-order valence-electron chi connectivity index (χ0n) is 17.1. The number of fused-ring (bicyclic) bond motifs is 2. The van der Waals surface area contributed by atoms with Crippen molar-refractivity contribution in [2.24, 2.45) is 0 Å². The summed E-state index contributed by atoms with van der Waals surface area (Å²) >= 11 is 0.